The largest absolute Gasteiger partial charge is 0.493 e. The molecule has 14 heavy (non-hydrogen) atoms. The Labute approximate surface area is 85.1 Å². The van der Waals surface area contributed by atoms with Crippen molar-refractivity contribution >= 4 is 0 Å². The molecule has 0 saturated heterocycles. The van der Waals surface area contributed by atoms with Crippen molar-refractivity contribution < 1.29 is 4.74 Å². The van der Waals surface area contributed by atoms with Gasteiger partial charge in [-0.15, -0.1) is 0 Å². The van der Waals surface area contributed by atoms with Crippen LogP contribution in [-0.2, 0) is 0 Å². The molecule has 0 saturated carbocycles. The van der Waals surface area contributed by atoms with Crippen LogP contribution in [0.3, 0.4) is 0 Å². The van der Waals surface area contributed by atoms with Gasteiger partial charge in [-0.25, -0.2) is 0 Å². The van der Waals surface area contributed by atoms with Crippen molar-refractivity contribution in [2.75, 3.05) is 6.61 Å². The summed E-state index contributed by atoms with van der Waals surface area (Å²) in [4.78, 5) is 0. The van der Waals surface area contributed by atoms with Crippen LogP contribution in [0.1, 0.15) is 26.3 Å². The number of nitriles is 1. The van der Waals surface area contributed by atoms with Gasteiger partial charge in [0, 0.05) is 0 Å². The highest BCUT2D eigenvalue weighted by Gasteiger charge is 2.10. The van der Waals surface area contributed by atoms with Crippen LogP contribution < -0.4 is 4.74 Å². The number of benzene rings is 1. The summed E-state index contributed by atoms with van der Waals surface area (Å²) in [5, 5.41) is 8.60. The summed E-state index contributed by atoms with van der Waals surface area (Å²) >= 11 is 0. The zero-order chi connectivity index (χ0) is 10.6. The smallest absolute Gasteiger partial charge is 0.119 e. The van der Waals surface area contributed by atoms with Gasteiger partial charge in [0.15, 0.2) is 0 Å². The Kier molecular flexibility index (Phi) is 3.14. The molecule has 0 radical (unpaired) electrons. The second-order valence-electron chi connectivity index (χ2n) is 4.49. The van der Waals surface area contributed by atoms with Gasteiger partial charge in [0.1, 0.15) is 5.75 Å². The maximum atomic E-state index is 8.60. The average molecular weight is 189 g/mol. The highest BCUT2D eigenvalue weighted by Crippen LogP contribution is 2.17. The molecule has 0 bridgehead atoms. The molecule has 0 unspecified atom stereocenters. The van der Waals surface area contributed by atoms with Gasteiger partial charge in [0.05, 0.1) is 18.2 Å². The van der Waals surface area contributed by atoms with Gasteiger partial charge < -0.3 is 4.74 Å². The molecule has 0 atom stereocenters. The van der Waals surface area contributed by atoms with E-state index in [1.54, 1.807) is 12.1 Å². The molecular formula is C12H15NO. The van der Waals surface area contributed by atoms with Crippen molar-refractivity contribution in [3.05, 3.63) is 29.8 Å². The first kappa shape index (κ1) is 10.6. The number of nitrogens with zero attached hydrogens (tertiary/aromatic N) is 1. The van der Waals surface area contributed by atoms with E-state index in [1.165, 1.54) is 0 Å². The van der Waals surface area contributed by atoms with Crippen LogP contribution in [0.2, 0.25) is 0 Å². The van der Waals surface area contributed by atoms with Crippen molar-refractivity contribution in [2.45, 2.75) is 20.8 Å². The third-order valence-electron chi connectivity index (χ3n) is 1.66. The lowest BCUT2D eigenvalue weighted by molar-refractivity contribution is 0.198. The van der Waals surface area contributed by atoms with E-state index in [0.717, 1.165) is 5.75 Å². The van der Waals surface area contributed by atoms with E-state index in [1.807, 2.05) is 12.1 Å². The van der Waals surface area contributed by atoms with Crippen molar-refractivity contribution in [2.24, 2.45) is 5.41 Å². The third kappa shape index (κ3) is 3.49. The van der Waals surface area contributed by atoms with Crippen LogP contribution in [0.5, 0.6) is 5.75 Å². The molecule has 0 aliphatic carbocycles. The molecule has 0 N–H and O–H groups in total. The van der Waals surface area contributed by atoms with Crippen molar-refractivity contribution in [1.82, 2.24) is 0 Å². The van der Waals surface area contributed by atoms with Crippen LogP contribution in [0.15, 0.2) is 24.3 Å². The predicted molar refractivity (Wildman–Crippen MR) is 56.1 cm³/mol. The zero-order valence-corrected chi connectivity index (χ0v) is 8.87. The normalized spacial score (nSPS) is 10.7. The maximum absolute atomic E-state index is 8.60. The molecule has 0 fully saturated rings. The summed E-state index contributed by atoms with van der Waals surface area (Å²) in [7, 11) is 0. The first-order valence-corrected chi connectivity index (χ1v) is 4.64. The number of ether oxygens (including phenoxy) is 1. The minimum atomic E-state index is 0.161. The van der Waals surface area contributed by atoms with E-state index >= 15 is 0 Å². The fraction of sp³-hybridized carbons (Fsp3) is 0.417. The Morgan fingerprint density at radius 3 is 2.21 bits per heavy atom. The summed E-state index contributed by atoms with van der Waals surface area (Å²) in [6.45, 7) is 7.04. The lowest BCUT2D eigenvalue weighted by atomic mass is 9.99. The van der Waals surface area contributed by atoms with Gasteiger partial charge in [-0.05, 0) is 29.7 Å². The van der Waals surface area contributed by atoms with Crippen LogP contribution in [0.25, 0.3) is 0 Å². The summed E-state index contributed by atoms with van der Waals surface area (Å²) < 4.78 is 5.56. The second kappa shape index (κ2) is 4.15. The highest BCUT2D eigenvalue weighted by molar-refractivity contribution is 5.34. The van der Waals surface area contributed by atoms with Gasteiger partial charge >= 0.3 is 0 Å². The minimum absolute atomic E-state index is 0.161. The Morgan fingerprint density at radius 1 is 1.21 bits per heavy atom. The first-order valence-electron chi connectivity index (χ1n) is 4.64. The van der Waals surface area contributed by atoms with E-state index in [4.69, 9.17) is 10.00 Å². The van der Waals surface area contributed by atoms with Crippen LogP contribution in [0.4, 0.5) is 0 Å². The van der Waals surface area contributed by atoms with Crippen molar-refractivity contribution in [3.63, 3.8) is 0 Å². The standard InChI is InChI=1S/C12H15NO/c1-12(2,3)9-14-11-6-4-10(8-13)5-7-11/h4-7H,9H2,1-3H3. The molecule has 0 spiro atoms. The topological polar surface area (TPSA) is 33.0 Å². The molecule has 74 valence electrons. The number of rotatable bonds is 2. The van der Waals surface area contributed by atoms with Gasteiger partial charge in [-0.3, -0.25) is 0 Å². The van der Waals surface area contributed by atoms with E-state index in [0.29, 0.717) is 12.2 Å². The molecule has 1 aromatic carbocycles. The van der Waals surface area contributed by atoms with E-state index in [-0.39, 0.29) is 5.41 Å². The Hall–Kier alpha value is -1.49. The Balaban J connectivity index is 2.58. The predicted octanol–water partition coefficient (Wildman–Crippen LogP) is 2.98. The third-order valence-corrected chi connectivity index (χ3v) is 1.66. The van der Waals surface area contributed by atoms with Gasteiger partial charge in [0.2, 0.25) is 0 Å². The second-order valence-corrected chi connectivity index (χ2v) is 4.49. The van der Waals surface area contributed by atoms with Gasteiger partial charge in [0.25, 0.3) is 0 Å². The summed E-state index contributed by atoms with van der Waals surface area (Å²) in [5.41, 5.74) is 0.821. The molecule has 1 rings (SSSR count). The van der Waals surface area contributed by atoms with Crippen LogP contribution in [0, 0.1) is 16.7 Å². The maximum Gasteiger partial charge on any atom is 0.119 e. The van der Waals surface area contributed by atoms with Crippen molar-refractivity contribution in [3.8, 4) is 11.8 Å². The quantitative estimate of drug-likeness (QED) is 0.716. The minimum Gasteiger partial charge on any atom is -0.493 e. The highest BCUT2D eigenvalue weighted by atomic mass is 16.5. The average Bonchev–Trinajstić information content (AvgIpc) is 2.14. The molecule has 0 heterocycles. The lowest BCUT2D eigenvalue weighted by Crippen LogP contribution is -2.16. The summed E-state index contributed by atoms with van der Waals surface area (Å²) in [6.07, 6.45) is 0. The van der Waals surface area contributed by atoms with Crippen LogP contribution >= 0.6 is 0 Å². The monoisotopic (exact) mass is 189 g/mol. The first-order chi connectivity index (χ1) is 6.51. The SMILES string of the molecule is CC(C)(C)COc1ccc(C#N)cc1. The fourth-order valence-electron chi connectivity index (χ4n) is 0.926. The molecule has 2 heteroatoms. The van der Waals surface area contributed by atoms with Crippen molar-refractivity contribution in [1.29, 1.82) is 5.26 Å². The van der Waals surface area contributed by atoms with Gasteiger partial charge in [-0.2, -0.15) is 5.26 Å². The summed E-state index contributed by atoms with van der Waals surface area (Å²) in [5.74, 6) is 0.818. The molecule has 0 aliphatic heterocycles. The Bertz CT molecular complexity index is 327. The van der Waals surface area contributed by atoms with E-state index in [2.05, 4.69) is 26.8 Å². The van der Waals surface area contributed by atoms with Crippen LogP contribution in [-0.4, -0.2) is 6.61 Å². The zero-order valence-electron chi connectivity index (χ0n) is 8.87. The van der Waals surface area contributed by atoms with Gasteiger partial charge in [-0.1, -0.05) is 20.8 Å². The lowest BCUT2D eigenvalue weighted by Gasteiger charge is -2.18. The molecule has 1 aromatic rings. The summed E-state index contributed by atoms with van der Waals surface area (Å²) in [6, 6.07) is 9.24. The van der Waals surface area contributed by atoms with E-state index < -0.39 is 0 Å². The number of hydrogen-bond donors (Lipinski definition) is 0. The molecule has 0 aliphatic rings. The molecule has 2 nitrogen and oxygen atoms in total. The molecule has 0 amide bonds. The number of hydrogen-bond acceptors (Lipinski definition) is 2. The Morgan fingerprint density at radius 2 is 1.79 bits per heavy atom. The van der Waals surface area contributed by atoms with E-state index in [9.17, 15) is 0 Å². The molecular weight excluding hydrogens is 174 g/mol. The molecule has 0 aromatic heterocycles. The fourth-order valence-corrected chi connectivity index (χ4v) is 0.926.